The summed E-state index contributed by atoms with van der Waals surface area (Å²) in [6.45, 7) is 7.69. The van der Waals surface area contributed by atoms with Crippen molar-refractivity contribution in [2.75, 3.05) is 19.8 Å². The van der Waals surface area contributed by atoms with Crippen molar-refractivity contribution in [2.45, 2.75) is 297 Å². The largest absolute Gasteiger partial charge is 0.462 e. The van der Waals surface area contributed by atoms with Crippen molar-refractivity contribution < 1.29 is 23.8 Å². The van der Waals surface area contributed by atoms with Crippen LogP contribution in [0.25, 0.3) is 0 Å². The van der Waals surface area contributed by atoms with Gasteiger partial charge in [-0.15, -0.1) is 0 Å². The molecule has 0 spiro atoms. The van der Waals surface area contributed by atoms with Gasteiger partial charge in [0.1, 0.15) is 6.61 Å². The number of carbonyl (C=O) groups is 2. The molecule has 394 valence electrons. The number of hydrogen-bond acceptors (Lipinski definition) is 5. The van der Waals surface area contributed by atoms with E-state index in [2.05, 4.69) is 93.7 Å². The Labute approximate surface area is 423 Å². The average molecular weight is 950 g/mol. The Morgan fingerprint density at radius 1 is 0.338 bits per heavy atom. The fourth-order valence-corrected chi connectivity index (χ4v) is 8.36. The lowest BCUT2D eigenvalue weighted by atomic mass is 10.0. The van der Waals surface area contributed by atoms with E-state index in [1.165, 1.54) is 173 Å². The van der Waals surface area contributed by atoms with Crippen LogP contribution in [0.2, 0.25) is 0 Å². The summed E-state index contributed by atoms with van der Waals surface area (Å²) in [5.41, 5.74) is 0. The van der Waals surface area contributed by atoms with Crippen molar-refractivity contribution >= 4 is 11.9 Å². The maximum atomic E-state index is 12.9. The fraction of sp³-hybridized carbons (Fsp3) is 0.778. The highest BCUT2D eigenvalue weighted by molar-refractivity contribution is 5.70. The first kappa shape index (κ1) is 65.3. The van der Waals surface area contributed by atoms with E-state index in [0.717, 1.165) is 83.5 Å². The van der Waals surface area contributed by atoms with Crippen LogP contribution < -0.4 is 0 Å². The smallest absolute Gasteiger partial charge is 0.306 e. The predicted octanol–water partition coefficient (Wildman–Crippen LogP) is 20.2. The molecule has 1 atom stereocenters. The van der Waals surface area contributed by atoms with Crippen LogP contribution in [0.1, 0.15) is 290 Å². The molecule has 0 aromatic rings. The van der Waals surface area contributed by atoms with Crippen LogP contribution in [0, 0.1) is 0 Å². The molecule has 0 radical (unpaired) electrons. The number of ether oxygens (including phenoxy) is 3. The van der Waals surface area contributed by atoms with Gasteiger partial charge in [0.2, 0.25) is 0 Å². The molecular formula is C63H112O5. The quantitative estimate of drug-likeness (QED) is 0.0345. The first-order chi connectivity index (χ1) is 33.6. The minimum atomic E-state index is -0.549. The molecule has 0 aromatic carbocycles. The van der Waals surface area contributed by atoms with Crippen LogP contribution in [0.3, 0.4) is 0 Å². The van der Waals surface area contributed by atoms with E-state index in [1.807, 2.05) is 0 Å². The Morgan fingerprint density at radius 2 is 0.662 bits per heavy atom. The second kappa shape index (κ2) is 58.7. The third-order valence-corrected chi connectivity index (χ3v) is 12.7. The summed E-state index contributed by atoms with van der Waals surface area (Å²) in [6.07, 6.45) is 76.3. The van der Waals surface area contributed by atoms with Crippen LogP contribution in [0.15, 0.2) is 72.9 Å². The van der Waals surface area contributed by atoms with Crippen molar-refractivity contribution in [1.82, 2.24) is 0 Å². The Hall–Kier alpha value is -2.66. The highest BCUT2D eigenvalue weighted by atomic mass is 16.6. The molecule has 0 amide bonds. The first-order valence-electron chi connectivity index (χ1n) is 29.5. The molecule has 0 aromatic heterocycles. The highest BCUT2D eigenvalue weighted by Crippen LogP contribution is 2.16. The average Bonchev–Trinajstić information content (AvgIpc) is 3.34. The van der Waals surface area contributed by atoms with E-state index in [-0.39, 0.29) is 25.2 Å². The van der Waals surface area contributed by atoms with E-state index in [1.54, 1.807) is 0 Å². The molecule has 0 fully saturated rings. The molecule has 5 heteroatoms. The minimum Gasteiger partial charge on any atom is -0.462 e. The van der Waals surface area contributed by atoms with E-state index in [9.17, 15) is 9.59 Å². The molecule has 68 heavy (non-hydrogen) atoms. The molecule has 0 N–H and O–H groups in total. The lowest BCUT2D eigenvalue weighted by Gasteiger charge is -2.18. The maximum absolute atomic E-state index is 12.9. The standard InChI is InChI=1S/C63H112O5/c1-4-7-10-13-16-19-22-25-28-31-32-34-35-38-41-44-47-50-53-56-62(64)67-60-61(59-66-58-55-52-49-46-43-40-37-30-27-24-21-18-15-12-9-6-3)68-63(65)57-54-51-48-45-42-39-36-33-29-26-23-20-17-14-11-8-5-2/h7,10,16,18-19,21,25,27-28,30,32,34,61H,4-6,8-9,11-15,17,20,22-24,26,29,31,33,35-60H2,1-3H3/b10-7-,19-16-,21-18-,28-25-,30-27-,34-32-. The zero-order valence-corrected chi connectivity index (χ0v) is 45.4. The van der Waals surface area contributed by atoms with Gasteiger partial charge in [0.05, 0.1) is 6.61 Å². The Kier molecular flexibility index (Phi) is 56.4. The normalized spacial score (nSPS) is 12.7. The second-order valence-electron chi connectivity index (χ2n) is 19.5. The lowest BCUT2D eigenvalue weighted by Crippen LogP contribution is -2.30. The second-order valence-corrected chi connectivity index (χ2v) is 19.5. The van der Waals surface area contributed by atoms with Gasteiger partial charge in [0, 0.05) is 19.4 Å². The molecule has 0 saturated heterocycles. The zero-order valence-electron chi connectivity index (χ0n) is 45.4. The van der Waals surface area contributed by atoms with Crippen LogP contribution in [0.5, 0.6) is 0 Å². The minimum absolute atomic E-state index is 0.0740. The molecule has 0 heterocycles. The zero-order chi connectivity index (χ0) is 49.2. The van der Waals surface area contributed by atoms with Gasteiger partial charge in [-0.3, -0.25) is 9.59 Å². The lowest BCUT2D eigenvalue weighted by molar-refractivity contribution is -0.163. The molecule has 5 nitrogen and oxygen atoms in total. The number of rotatable bonds is 54. The van der Waals surface area contributed by atoms with E-state index in [4.69, 9.17) is 14.2 Å². The molecule has 0 saturated carbocycles. The molecule has 0 rings (SSSR count). The molecule has 0 aliphatic heterocycles. The number of carbonyl (C=O) groups excluding carboxylic acids is 2. The van der Waals surface area contributed by atoms with Crippen LogP contribution in [0.4, 0.5) is 0 Å². The Bertz CT molecular complexity index is 1210. The Balaban J connectivity index is 4.30. The number of allylic oxidation sites excluding steroid dienone is 12. The topological polar surface area (TPSA) is 61.8 Å². The van der Waals surface area contributed by atoms with Gasteiger partial charge in [-0.25, -0.2) is 0 Å². The van der Waals surface area contributed by atoms with Crippen molar-refractivity contribution in [3.05, 3.63) is 72.9 Å². The van der Waals surface area contributed by atoms with Crippen molar-refractivity contribution in [1.29, 1.82) is 0 Å². The Morgan fingerprint density at radius 3 is 1.09 bits per heavy atom. The summed E-state index contributed by atoms with van der Waals surface area (Å²) >= 11 is 0. The third kappa shape index (κ3) is 55.9. The summed E-state index contributed by atoms with van der Waals surface area (Å²) in [5, 5.41) is 0. The van der Waals surface area contributed by atoms with Crippen molar-refractivity contribution in [3.63, 3.8) is 0 Å². The van der Waals surface area contributed by atoms with Gasteiger partial charge >= 0.3 is 11.9 Å². The van der Waals surface area contributed by atoms with Gasteiger partial charge in [-0.2, -0.15) is 0 Å². The van der Waals surface area contributed by atoms with E-state index >= 15 is 0 Å². The number of hydrogen-bond donors (Lipinski definition) is 0. The SMILES string of the molecule is CC/C=C\C/C=C\C/C=C\C/C=C\CCCCCCCCC(=O)OCC(COCCCCCCCC/C=C\C/C=C\CCCCC)OC(=O)CCCCCCCCCCCCCCCCCCC. The predicted molar refractivity (Wildman–Crippen MR) is 297 cm³/mol. The van der Waals surface area contributed by atoms with Gasteiger partial charge in [0.15, 0.2) is 6.10 Å². The van der Waals surface area contributed by atoms with Crippen LogP contribution in [-0.4, -0.2) is 37.9 Å². The van der Waals surface area contributed by atoms with Crippen LogP contribution >= 0.6 is 0 Å². The van der Waals surface area contributed by atoms with Crippen molar-refractivity contribution in [2.24, 2.45) is 0 Å². The van der Waals surface area contributed by atoms with E-state index < -0.39 is 6.10 Å². The maximum Gasteiger partial charge on any atom is 0.306 e. The fourth-order valence-electron chi connectivity index (χ4n) is 8.36. The van der Waals surface area contributed by atoms with Gasteiger partial charge < -0.3 is 14.2 Å². The van der Waals surface area contributed by atoms with Crippen LogP contribution in [-0.2, 0) is 23.8 Å². The van der Waals surface area contributed by atoms with E-state index in [0.29, 0.717) is 19.4 Å². The molecule has 1 unspecified atom stereocenters. The van der Waals surface area contributed by atoms with Gasteiger partial charge in [-0.1, -0.05) is 261 Å². The number of unbranched alkanes of at least 4 members (excludes halogenated alkanes) is 31. The molecule has 0 bridgehead atoms. The van der Waals surface area contributed by atoms with Gasteiger partial charge in [0.25, 0.3) is 0 Å². The summed E-state index contributed by atoms with van der Waals surface area (Å²) in [7, 11) is 0. The summed E-state index contributed by atoms with van der Waals surface area (Å²) in [4.78, 5) is 25.6. The molecule has 0 aliphatic rings. The molecular weight excluding hydrogens is 837 g/mol. The first-order valence-corrected chi connectivity index (χ1v) is 29.5. The summed E-state index contributed by atoms with van der Waals surface area (Å²) < 4.78 is 17.5. The molecule has 0 aliphatic carbocycles. The summed E-state index contributed by atoms with van der Waals surface area (Å²) in [6, 6.07) is 0. The third-order valence-electron chi connectivity index (χ3n) is 12.7. The summed E-state index contributed by atoms with van der Waals surface area (Å²) in [5.74, 6) is -0.407. The highest BCUT2D eigenvalue weighted by Gasteiger charge is 2.17. The number of esters is 2. The van der Waals surface area contributed by atoms with Crippen molar-refractivity contribution in [3.8, 4) is 0 Å². The van der Waals surface area contributed by atoms with Gasteiger partial charge in [-0.05, 0) is 89.9 Å². The monoisotopic (exact) mass is 949 g/mol.